The number of nitrogens with two attached hydrogens (primary N) is 1. The van der Waals surface area contributed by atoms with E-state index in [4.69, 9.17) is 20.4 Å². The normalized spacial score (nSPS) is 19.2. The lowest BCUT2D eigenvalue weighted by Gasteiger charge is -2.25. The molecule has 1 saturated heterocycles. The van der Waals surface area contributed by atoms with Gasteiger partial charge in [0.15, 0.2) is 0 Å². The zero-order chi connectivity index (χ0) is 8.81. The van der Waals surface area contributed by atoms with Gasteiger partial charge < -0.3 is 20.4 Å². The summed E-state index contributed by atoms with van der Waals surface area (Å²) in [7, 11) is 0. The summed E-state index contributed by atoms with van der Waals surface area (Å²) in [5, 5.41) is 11.1. The average Bonchev–Trinajstić information content (AvgIpc) is 2.00. The van der Waals surface area contributed by atoms with Crippen molar-refractivity contribution in [2.45, 2.75) is 18.9 Å². The van der Waals surface area contributed by atoms with Gasteiger partial charge in [-0.3, -0.25) is 0 Å². The van der Waals surface area contributed by atoms with E-state index in [-0.39, 0.29) is 11.9 Å². The van der Waals surface area contributed by atoms with E-state index in [0.717, 1.165) is 6.42 Å². The van der Waals surface area contributed by atoms with Crippen LogP contribution >= 0.6 is 0 Å². The summed E-state index contributed by atoms with van der Waals surface area (Å²) in [6.07, 6.45) is 1.62. The zero-order valence-electron chi connectivity index (χ0n) is 6.90. The van der Waals surface area contributed by atoms with Crippen molar-refractivity contribution in [1.82, 2.24) is 0 Å². The number of rotatable bonds is 5. The lowest BCUT2D eigenvalue weighted by Crippen LogP contribution is -2.36. The molecule has 12 heavy (non-hydrogen) atoms. The Labute approximate surface area is 71.1 Å². The van der Waals surface area contributed by atoms with Crippen LogP contribution in [0, 0.1) is 0 Å². The summed E-state index contributed by atoms with van der Waals surface area (Å²) >= 11 is 0. The number of hydrogen-bond acceptors (Lipinski definition) is 4. The summed E-state index contributed by atoms with van der Waals surface area (Å²) in [4.78, 5) is 0. The van der Waals surface area contributed by atoms with Gasteiger partial charge in [-0.05, 0) is 6.42 Å². The first-order valence-corrected chi connectivity index (χ1v) is 3.98. The van der Waals surface area contributed by atoms with Crippen LogP contribution in [-0.4, -0.2) is 37.0 Å². The lowest BCUT2D eigenvalue weighted by molar-refractivity contribution is -0.129. The second-order valence-corrected chi connectivity index (χ2v) is 2.73. The molecule has 5 heteroatoms. The Morgan fingerprint density at radius 1 is 1.67 bits per heavy atom. The Kier molecular flexibility index (Phi) is 3.83. The number of amidine groups is 1. The van der Waals surface area contributed by atoms with Crippen LogP contribution in [0.25, 0.3) is 0 Å². The van der Waals surface area contributed by atoms with Crippen LogP contribution < -0.4 is 5.73 Å². The topological polar surface area (TPSA) is 77.1 Å². The molecule has 0 aliphatic carbocycles. The molecule has 1 aliphatic heterocycles. The van der Waals surface area contributed by atoms with Gasteiger partial charge in [0.1, 0.15) is 11.9 Å². The number of ether oxygens (including phenoxy) is 2. The minimum Gasteiger partial charge on any atom is -0.409 e. The number of oxime groups is 1. The fourth-order valence-corrected chi connectivity index (χ4v) is 0.864. The lowest BCUT2D eigenvalue weighted by atomic mass is 10.3. The predicted molar refractivity (Wildman–Crippen MR) is 43.2 cm³/mol. The monoisotopic (exact) mass is 174 g/mol. The van der Waals surface area contributed by atoms with Crippen molar-refractivity contribution in [3.05, 3.63) is 0 Å². The van der Waals surface area contributed by atoms with Crippen LogP contribution in [0.1, 0.15) is 12.8 Å². The summed E-state index contributed by atoms with van der Waals surface area (Å²) < 4.78 is 10.3. The van der Waals surface area contributed by atoms with Gasteiger partial charge in [-0.15, -0.1) is 0 Å². The molecule has 0 unspecified atom stereocenters. The average molecular weight is 174 g/mol. The quantitative estimate of drug-likeness (QED) is 0.201. The highest BCUT2D eigenvalue weighted by Gasteiger charge is 2.17. The van der Waals surface area contributed by atoms with Gasteiger partial charge in [-0.25, -0.2) is 0 Å². The van der Waals surface area contributed by atoms with Gasteiger partial charge in [0.05, 0.1) is 13.2 Å². The van der Waals surface area contributed by atoms with Crippen LogP contribution in [0.2, 0.25) is 0 Å². The fourth-order valence-electron chi connectivity index (χ4n) is 0.864. The number of hydrogen-bond donors (Lipinski definition) is 2. The Morgan fingerprint density at radius 3 is 2.92 bits per heavy atom. The van der Waals surface area contributed by atoms with Gasteiger partial charge in [0, 0.05) is 13.0 Å². The Morgan fingerprint density at radius 2 is 2.42 bits per heavy atom. The molecule has 0 amide bonds. The zero-order valence-corrected chi connectivity index (χ0v) is 6.90. The second-order valence-electron chi connectivity index (χ2n) is 2.73. The molecular formula is C7H14N2O3. The van der Waals surface area contributed by atoms with Crippen LogP contribution in [0.3, 0.4) is 0 Å². The van der Waals surface area contributed by atoms with Crippen molar-refractivity contribution in [2.75, 3.05) is 19.8 Å². The highest BCUT2D eigenvalue weighted by Crippen LogP contribution is 2.05. The van der Waals surface area contributed by atoms with Crippen LogP contribution in [0.15, 0.2) is 5.16 Å². The molecule has 0 aromatic carbocycles. The molecule has 0 aromatic rings. The van der Waals surface area contributed by atoms with Crippen LogP contribution in [0.5, 0.6) is 0 Å². The van der Waals surface area contributed by atoms with Crippen molar-refractivity contribution >= 4 is 5.84 Å². The van der Waals surface area contributed by atoms with Gasteiger partial charge in [0.2, 0.25) is 0 Å². The van der Waals surface area contributed by atoms with Crippen LogP contribution in [0.4, 0.5) is 0 Å². The van der Waals surface area contributed by atoms with Gasteiger partial charge in [0.25, 0.3) is 0 Å². The van der Waals surface area contributed by atoms with Crippen LogP contribution in [-0.2, 0) is 9.47 Å². The first-order chi connectivity index (χ1) is 5.83. The molecule has 1 rings (SSSR count). The third kappa shape index (κ3) is 3.06. The Bertz CT molecular complexity index is 157. The molecular weight excluding hydrogens is 160 g/mol. The van der Waals surface area contributed by atoms with E-state index in [0.29, 0.717) is 26.2 Å². The maximum Gasteiger partial charge on any atom is 0.139 e. The smallest absolute Gasteiger partial charge is 0.139 e. The van der Waals surface area contributed by atoms with E-state index in [1.807, 2.05) is 0 Å². The van der Waals surface area contributed by atoms with E-state index in [9.17, 15) is 0 Å². The van der Waals surface area contributed by atoms with Crippen molar-refractivity contribution in [2.24, 2.45) is 10.9 Å². The summed E-state index contributed by atoms with van der Waals surface area (Å²) in [6, 6.07) is 0. The Hall–Kier alpha value is -0.810. The van der Waals surface area contributed by atoms with Crippen molar-refractivity contribution in [3.63, 3.8) is 0 Å². The minimum atomic E-state index is 0.253. The van der Waals surface area contributed by atoms with E-state index in [1.54, 1.807) is 0 Å². The SMILES string of the molecule is NC(CCCOC1COC1)=NO. The van der Waals surface area contributed by atoms with Gasteiger partial charge in [-0.2, -0.15) is 0 Å². The molecule has 0 saturated carbocycles. The third-order valence-corrected chi connectivity index (χ3v) is 1.67. The molecule has 0 atom stereocenters. The summed E-state index contributed by atoms with van der Waals surface area (Å²) in [5.74, 6) is 0.253. The molecule has 1 fully saturated rings. The molecule has 0 radical (unpaired) electrons. The van der Waals surface area contributed by atoms with E-state index >= 15 is 0 Å². The molecule has 70 valence electrons. The van der Waals surface area contributed by atoms with Gasteiger partial charge in [-0.1, -0.05) is 5.16 Å². The van der Waals surface area contributed by atoms with Crippen molar-refractivity contribution in [3.8, 4) is 0 Å². The third-order valence-electron chi connectivity index (χ3n) is 1.67. The molecule has 1 aliphatic rings. The van der Waals surface area contributed by atoms with Gasteiger partial charge >= 0.3 is 0 Å². The predicted octanol–water partition coefficient (Wildman–Crippen LogP) is -0.0716. The van der Waals surface area contributed by atoms with E-state index < -0.39 is 0 Å². The molecule has 5 nitrogen and oxygen atoms in total. The minimum absolute atomic E-state index is 0.253. The van der Waals surface area contributed by atoms with Crippen molar-refractivity contribution in [1.29, 1.82) is 0 Å². The number of nitrogens with zero attached hydrogens (tertiary/aromatic N) is 1. The summed E-state index contributed by atoms with van der Waals surface area (Å²) in [6.45, 7) is 2.04. The first kappa shape index (κ1) is 9.28. The highest BCUT2D eigenvalue weighted by atomic mass is 16.6. The molecule has 0 spiro atoms. The van der Waals surface area contributed by atoms with E-state index in [1.165, 1.54) is 0 Å². The van der Waals surface area contributed by atoms with E-state index in [2.05, 4.69) is 5.16 Å². The highest BCUT2D eigenvalue weighted by molar-refractivity contribution is 5.79. The largest absolute Gasteiger partial charge is 0.409 e. The molecule has 1 heterocycles. The standard InChI is InChI=1S/C7H14N2O3/c8-7(9-10)2-1-3-12-6-4-11-5-6/h6,10H,1-5H2,(H2,8,9). The fraction of sp³-hybridized carbons (Fsp3) is 0.857. The molecule has 3 N–H and O–H groups in total. The summed E-state index contributed by atoms with van der Waals surface area (Å²) in [5.41, 5.74) is 5.26. The first-order valence-electron chi connectivity index (χ1n) is 3.98. The molecule has 0 bridgehead atoms. The maximum atomic E-state index is 8.20. The second kappa shape index (κ2) is 4.95. The Balaban J connectivity index is 1.88. The van der Waals surface area contributed by atoms with Crippen molar-refractivity contribution < 1.29 is 14.7 Å². The molecule has 0 aromatic heterocycles. The maximum absolute atomic E-state index is 8.20.